The molecular weight excluding hydrogens is 470 g/mol. The Bertz CT molecular complexity index is 1240. The number of hydrogen-bond acceptors (Lipinski definition) is 5. The lowest BCUT2D eigenvalue weighted by Gasteiger charge is -2.29. The highest BCUT2D eigenvalue weighted by Gasteiger charge is 2.33. The van der Waals surface area contributed by atoms with E-state index >= 15 is 0 Å². The molecule has 3 aromatic carbocycles. The molecule has 1 atom stereocenters. The third kappa shape index (κ3) is 5.74. The summed E-state index contributed by atoms with van der Waals surface area (Å²) < 4.78 is 5.80. The van der Waals surface area contributed by atoms with Gasteiger partial charge in [-0.1, -0.05) is 60.7 Å². The number of rotatable bonds is 10. The SMILES string of the molecule is CN(C)c1ccc(CN(C(=O)OCC2c3ccccc3-c3ccccc32)[C@@H](CCC(=O)O)C(N)=O)cc1. The van der Waals surface area contributed by atoms with Crippen molar-refractivity contribution in [2.75, 3.05) is 25.6 Å². The molecule has 0 saturated carbocycles. The van der Waals surface area contributed by atoms with Gasteiger partial charge in [0, 0.05) is 38.7 Å². The number of amides is 2. The van der Waals surface area contributed by atoms with Gasteiger partial charge in [-0.15, -0.1) is 0 Å². The van der Waals surface area contributed by atoms with Crippen molar-refractivity contribution in [1.29, 1.82) is 0 Å². The smallest absolute Gasteiger partial charge is 0.410 e. The molecule has 4 rings (SSSR count). The van der Waals surface area contributed by atoms with E-state index in [1.807, 2.05) is 79.7 Å². The fourth-order valence-electron chi connectivity index (χ4n) is 4.79. The summed E-state index contributed by atoms with van der Waals surface area (Å²) in [7, 11) is 3.85. The zero-order chi connectivity index (χ0) is 26.5. The minimum absolute atomic E-state index is 0.0532. The summed E-state index contributed by atoms with van der Waals surface area (Å²) in [6.45, 7) is 0.130. The minimum atomic E-state index is -1.12. The number of nitrogens with zero attached hydrogens (tertiary/aromatic N) is 2. The van der Waals surface area contributed by atoms with Crippen LogP contribution in [-0.4, -0.2) is 54.7 Å². The molecule has 0 aromatic heterocycles. The van der Waals surface area contributed by atoms with Crippen LogP contribution < -0.4 is 10.6 Å². The summed E-state index contributed by atoms with van der Waals surface area (Å²) in [6.07, 6.45) is -1.13. The van der Waals surface area contributed by atoms with E-state index in [4.69, 9.17) is 10.5 Å². The maximum Gasteiger partial charge on any atom is 0.410 e. The normalized spacial score (nSPS) is 12.8. The van der Waals surface area contributed by atoms with Gasteiger partial charge in [-0.05, 0) is 46.4 Å². The Morgan fingerprint density at radius 3 is 2.00 bits per heavy atom. The van der Waals surface area contributed by atoms with Crippen LogP contribution in [0.4, 0.5) is 10.5 Å². The van der Waals surface area contributed by atoms with Crippen LogP contribution in [-0.2, 0) is 20.9 Å². The van der Waals surface area contributed by atoms with E-state index in [0.717, 1.165) is 33.5 Å². The zero-order valence-corrected chi connectivity index (χ0v) is 21.0. The largest absolute Gasteiger partial charge is 0.481 e. The lowest BCUT2D eigenvalue weighted by molar-refractivity contribution is -0.137. The number of benzene rings is 3. The van der Waals surface area contributed by atoms with Crippen LogP contribution in [0.5, 0.6) is 0 Å². The molecule has 8 nitrogen and oxygen atoms in total. The Kier molecular flexibility index (Phi) is 7.77. The van der Waals surface area contributed by atoms with Gasteiger partial charge in [-0.3, -0.25) is 14.5 Å². The molecule has 2 amide bonds. The maximum atomic E-state index is 13.4. The van der Waals surface area contributed by atoms with Gasteiger partial charge in [0.15, 0.2) is 0 Å². The van der Waals surface area contributed by atoms with Crippen molar-refractivity contribution in [1.82, 2.24) is 4.90 Å². The van der Waals surface area contributed by atoms with E-state index in [-0.39, 0.29) is 31.9 Å². The molecule has 0 fully saturated rings. The van der Waals surface area contributed by atoms with E-state index in [0.29, 0.717) is 0 Å². The van der Waals surface area contributed by atoms with E-state index < -0.39 is 24.0 Å². The van der Waals surface area contributed by atoms with E-state index in [2.05, 4.69) is 12.1 Å². The molecule has 0 heterocycles. The second-order valence-corrected chi connectivity index (χ2v) is 9.34. The molecule has 8 heteroatoms. The standard InChI is InChI=1S/C29H31N3O5/c1-31(2)20-13-11-19(12-14-20)17-32(26(28(30)35)15-16-27(33)34)29(36)37-18-25-23-9-5-3-7-21(23)22-8-4-6-10-24(22)25/h3-14,25-26H,15-18H2,1-2H3,(H2,30,35)(H,33,34)/t26-/m0/s1. The molecule has 0 unspecified atom stereocenters. The zero-order valence-electron chi connectivity index (χ0n) is 21.0. The second-order valence-electron chi connectivity index (χ2n) is 9.34. The number of carbonyl (C=O) groups excluding carboxylic acids is 2. The number of fused-ring (bicyclic) bond motifs is 3. The summed E-state index contributed by atoms with van der Waals surface area (Å²) in [5.74, 6) is -2.00. The average Bonchev–Trinajstić information content (AvgIpc) is 3.20. The third-order valence-electron chi connectivity index (χ3n) is 6.71. The Morgan fingerprint density at radius 2 is 1.49 bits per heavy atom. The topological polar surface area (TPSA) is 113 Å². The van der Waals surface area contributed by atoms with Crippen LogP contribution >= 0.6 is 0 Å². The molecule has 192 valence electrons. The van der Waals surface area contributed by atoms with E-state index in [1.54, 1.807) is 0 Å². The predicted octanol–water partition coefficient (Wildman–Crippen LogP) is 4.22. The van der Waals surface area contributed by atoms with Gasteiger partial charge < -0.3 is 20.5 Å². The summed E-state index contributed by atoms with van der Waals surface area (Å²) in [6, 6.07) is 22.4. The summed E-state index contributed by atoms with van der Waals surface area (Å²) in [4.78, 5) is 40.2. The number of nitrogens with two attached hydrogens (primary N) is 1. The van der Waals surface area contributed by atoms with Crippen LogP contribution in [0.15, 0.2) is 72.8 Å². The first-order chi connectivity index (χ1) is 17.8. The molecule has 0 radical (unpaired) electrons. The van der Waals surface area contributed by atoms with Gasteiger partial charge in [-0.25, -0.2) is 4.79 Å². The molecular formula is C29H31N3O5. The van der Waals surface area contributed by atoms with Crippen LogP contribution in [0.3, 0.4) is 0 Å². The van der Waals surface area contributed by atoms with Crippen LogP contribution in [0.2, 0.25) is 0 Å². The maximum absolute atomic E-state index is 13.4. The van der Waals surface area contributed by atoms with Crippen molar-refractivity contribution in [2.45, 2.75) is 31.3 Å². The molecule has 1 aliphatic carbocycles. The Balaban J connectivity index is 1.57. The van der Waals surface area contributed by atoms with Crippen LogP contribution in [0.25, 0.3) is 11.1 Å². The van der Waals surface area contributed by atoms with E-state index in [1.165, 1.54) is 4.90 Å². The monoisotopic (exact) mass is 501 g/mol. The van der Waals surface area contributed by atoms with Gasteiger partial charge in [0.1, 0.15) is 12.6 Å². The van der Waals surface area contributed by atoms with Gasteiger partial charge >= 0.3 is 12.1 Å². The van der Waals surface area contributed by atoms with Crippen LogP contribution in [0.1, 0.15) is 35.4 Å². The molecule has 0 spiro atoms. The van der Waals surface area contributed by atoms with Crippen molar-refractivity contribution >= 4 is 23.7 Å². The number of hydrogen-bond donors (Lipinski definition) is 2. The quantitative estimate of drug-likeness (QED) is 0.430. The van der Waals surface area contributed by atoms with Crippen molar-refractivity contribution < 1.29 is 24.2 Å². The van der Waals surface area contributed by atoms with E-state index in [9.17, 15) is 19.5 Å². The minimum Gasteiger partial charge on any atom is -0.481 e. The third-order valence-corrected chi connectivity index (χ3v) is 6.71. The van der Waals surface area contributed by atoms with Gasteiger partial charge in [0.25, 0.3) is 0 Å². The number of carboxylic acid groups (broad SMARTS) is 1. The number of aliphatic carboxylic acids is 1. The van der Waals surface area contributed by atoms with Crippen molar-refractivity contribution in [3.63, 3.8) is 0 Å². The Labute approximate surface area is 216 Å². The van der Waals surface area contributed by atoms with Gasteiger partial charge in [-0.2, -0.15) is 0 Å². The lowest BCUT2D eigenvalue weighted by atomic mass is 9.98. The molecule has 0 aliphatic heterocycles. The summed E-state index contributed by atoms with van der Waals surface area (Å²) >= 11 is 0. The first-order valence-corrected chi connectivity index (χ1v) is 12.1. The fraction of sp³-hybridized carbons (Fsp3) is 0.276. The van der Waals surface area contributed by atoms with Crippen molar-refractivity contribution in [3.8, 4) is 11.1 Å². The van der Waals surface area contributed by atoms with Crippen LogP contribution in [0, 0.1) is 0 Å². The summed E-state index contributed by atoms with van der Waals surface area (Å²) in [5, 5.41) is 9.18. The molecule has 3 N–H and O–H groups in total. The molecule has 0 saturated heterocycles. The highest BCUT2D eigenvalue weighted by molar-refractivity contribution is 5.85. The first kappa shape index (κ1) is 25.8. The fourth-order valence-corrected chi connectivity index (χ4v) is 4.79. The van der Waals surface area contributed by atoms with Gasteiger partial charge in [0.2, 0.25) is 5.91 Å². The van der Waals surface area contributed by atoms with Gasteiger partial charge in [0.05, 0.1) is 0 Å². The first-order valence-electron chi connectivity index (χ1n) is 12.1. The molecule has 0 bridgehead atoms. The number of carbonyl (C=O) groups is 3. The highest BCUT2D eigenvalue weighted by Crippen LogP contribution is 2.44. The molecule has 1 aliphatic rings. The molecule has 37 heavy (non-hydrogen) atoms. The number of carboxylic acids is 1. The predicted molar refractivity (Wildman–Crippen MR) is 141 cm³/mol. The second kappa shape index (κ2) is 11.2. The highest BCUT2D eigenvalue weighted by atomic mass is 16.6. The average molecular weight is 502 g/mol. The van der Waals surface area contributed by atoms with Crippen molar-refractivity contribution in [3.05, 3.63) is 89.5 Å². The number of primary amides is 1. The Morgan fingerprint density at radius 1 is 0.919 bits per heavy atom. The Hall–Kier alpha value is -4.33. The number of ether oxygens (including phenoxy) is 1. The summed E-state index contributed by atoms with van der Waals surface area (Å²) in [5.41, 5.74) is 11.7. The van der Waals surface area contributed by atoms with Crippen molar-refractivity contribution in [2.24, 2.45) is 5.73 Å². The lowest BCUT2D eigenvalue weighted by Crippen LogP contribution is -2.48. The molecule has 3 aromatic rings. The number of anilines is 1.